The number of ether oxygens (including phenoxy) is 1. The molecule has 0 amide bonds. The van der Waals surface area contributed by atoms with Gasteiger partial charge < -0.3 is 9.64 Å². The highest BCUT2D eigenvalue weighted by Crippen LogP contribution is 2.30. The summed E-state index contributed by atoms with van der Waals surface area (Å²) in [6.07, 6.45) is -3.56. The number of aromatic nitrogens is 5. The topological polar surface area (TPSA) is 79.8 Å². The fourth-order valence-electron chi connectivity index (χ4n) is 2.21. The number of alkyl halides is 3. The van der Waals surface area contributed by atoms with E-state index in [0.717, 1.165) is 6.07 Å². The van der Waals surface area contributed by atoms with Crippen molar-refractivity contribution in [1.29, 1.82) is 0 Å². The first-order chi connectivity index (χ1) is 10.4. The van der Waals surface area contributed by atoms with Crippen molar-refractivity contribution in [3.8, 4) is 0 Å². The summed E-state index contributed by atoms with van der Waals surface area (Å²) in [6, 6.07) is 0.928. The van der Waals surface area contributed by atoms with Crippen molar-refractivity contribution in [2.75, 3.05) is 24.6 Å². The summed E-state index contributed by atoms with van der Waals surface area (Å²) in [5, 5.41) is 6.43. The number of morpholine rings is 1. The van der Waals surface area contributed by atoms with E-state index in [0.29, 0.717) is 25.5 Å². The molecule has 118 valence electrons. The van der Waals surface area contributed by atoms with Gasteiger partial charge in [-0.1, -0.05) is 0 Å². The maximum absolute atomic E-state index is 12.9. The predicted molar refractivity (Wildman–Crippen MR) is 69.1 cm³/mol. The van der Waals surface area contributed by atoms with E-state index in [1.807, 2.05) is 0 Å². The van der Waals surface area contributed by atoms with Gasteiger partial charge in [0.25, 0.3) is 0 Å². The van der Waals surface area contributed by atoms with Gasteiger partial charge in [-0.05, 0) is 13.0 Å². The van der Waals surface area contributed by atoms with Crippen molar-refractivity contribution in [1.82, 2.24) is 25.1 Å². The Hall–Kier alpha value is -2.23. The number of hydrogen-bond donors (Lipinski definition) is 1. The first kappa shape index (κ1) is 14.7. The second-order valence-corrected chi connectivity index (χ2v) is 4.87. The zero-order valence-electron chi connectivity index (χ0n) is 11.6. The van der Waals surface area contributed by atoms with Crippen LogP contribution in [0.2, 0.25) is 0 Å². The van der Waals surface area contributed by atoms with Gasteiger partial charge in [0.1, 0.15) is 18.1 Å². The zero-order valence-corrected chi connectivity index (χ0v) is 11.6. The van der Waals surface area contributed by atoms with E-state index in [1.54, 1.807) is 4.90 Å². The molecule has 1 saturated heterocycles. The molecule has 10 heteroatoms. The standard InChI is InChI=1S/C12H13F3N6O/c1-7-4-9(12(13,14)15)19-11(18-7)21-2-3-22-8(5-21)10-16-6-17-20-10/h4,6,8H,2-3,5H2,1H3,(H,16,17,20). The Morgan fingerprint density at radius 1 is 1.36 bits per heavy atom. The van der Waals surface area contributed by atoms with Crippen LogP contribution in [0.15, 0.2) is 12.4 Å². The maximum atomic E-state index is 12.9. The molecule has 0 radical (unpaired) electrons. The molecule has 1 unspecified atom stereocenters. The van der Waals surface area contributed by atoms with Gasteiger partial charge in [-0.15, -0.1) is 0 Å². The molecular weight excluding hydrogens is 301 g/mol. The van der Waals surface area contributed by atoms with Gasteiger partial charge in [-0.3, -0.25) is 5.10 Å². The van der Waals surface area contributed by atoms with Crippen LogP contribution in [0.1, 0.15) is 23.3 Å². The minimum absolute atomic E-state index is 0.0418. The number of rotatable bonds is 2. The van der Waals surface area contributed by atoms with Gasteiger partial charge in [0, 0.05) is 12.2 Å². The highest BCUT2D eigenvalue weighted by Gasteiger charge is 2.34. The molecule has 1 aliphatic heterocycles. The highest BCUT2D eigenvalue weighted by molar-refractivity contribution is 5.34. The molecule has 3 heterocycles. The summed E-state index contributed by atoms with van der Waals surface area (Å²) in [7, 11) is 0. The molecule has 0 saturated carbocycles. The molecule has 22 heavy (non-hydrogen) atoms. The first-order valence-electron chi connectivity index (χ1n) is 6.58. The fourth-order valence-corrected chi connectivity index (χ4v) is 2.21. The molecule has 2 aromatic heterocycles. The number of nitrogens with one attached hydrogen (secondary N) is 1. The smallest absolute Gasteiger partial charge is 0.367 e. The third-order valence-corrected chi connectivity index (χ3v) is 3.22. The number of aryl methyl sites for hydroxylation is 1. The summed E-state index contributed by atoms with van der Waals surface area (Å²) in [5.41, 5.74) is -0.683. The highest BCUT2D eigenvalue weighted by atomic mass is 19.4. The Kier molecular flexibility index (Phi) is 3.69. The predicted octanol–water partition coefficient (Wildman–Crippen LogP) is 1.50. The Bertz CT molecular complexity index is 645. The van der Waals surface area contributed by atoms with Crippen LogP contribution in [-0.2, 0) is 10.9 Å². The van der Waals surface area contributed by atoms with Crippen molar-refractivity contribution in [2.24, 2.45) is 0 Å². The molecule has 0 aliphatic carbocycles. The molecule has 0 spiro atoms. The lowest BCUT2D eigenvalue weighted by molar-refractivity contribution is -0.141. The summed E-state index contributed by atoms with van der Waals surface area (Å²) >= 11 is 0. The monoisotopic (exact) mass is 314 g/mol. The van der Waals surface area contributed by atoms with Crippen LogP contribution >= 0.6 is 0 Å². The van der Waals surface area contributed by atoms with E-state index in [2.05, 4.69) is 25.1 Å². The molecule has 1 aliphatic rings. The zero-order chi connectivity index (χ0) is 15.7. The normalized spacial score (nSPS) is 19.5. The number of halogens is 3. The third-order valence-electron chi connectivity index (χ3n) is 3.22. The second kappa shape index (κ2) is 5.52. The average molecular weight is 314 g/mol. The maximum Gasteiger partial charge on any atom is 0.433 e. The van der Waals surface area contributed by atoms with Crippen molar-refractivity contribution >= 4 is 5.95 Å². The van der Waals surface area contributed by atoms with Crippen molar-refractivity contribution in [3.05, 3.63) is 29.6 Å². The molecule has 7 nitrogen and oxygen atoms in total. The van der Waals surface area contributed by atoms with Crippen LogP contribution in [0, 0.1) is 6.92 Å². The lowest BCUT2D eigenvalue weighted by Crippen LogP contribution is -2.40. The lowest BCUT2D eigenvalue weighted by atomic mass is 10.2. The van der Waals surface area contributed by atoms with Gasteiger partial charge in [-0.2, -0.15) is 18.3 Å². The van der Waals surface area contributed by atoms with Crippen molar-refractivity contribution in [3.63, 3.8) is 0 Å². The quantitative estimate of drug-likeness (QED) is 0.905. The van der Waals surface area contributed by atoms with Gasteiger partial charge in [0.05, 0.1) is 13.2 Å². The summed E-state index contributed by atoms with van der Waals surface area (Å²) < 4.78 is 44.1. The number of anilines is 1. The minimum atomic E-state index is -4.50. The molecule has 1 atom stereocenters. The van der Waals surface area contributed by atoms with Crippen LogP contribution < -0.4 is 4.90 Å². The fraction of sp³-hybridized carbons (Fsp3) is 0.500. The lowest BCUT2D eigenvalue weighted by Gasteiger charge is -2.32. The van der Waals surface area contributed by atoms with Crippen LogP contribution in [-0.4, -0.2) is 44.8 Å². The van der Waals surface area contributed by atoms with E-state index in [1.165, 1.54) is 13.3 Å². The molecule has 0 bridgehead atoms. The molecule has 1 N–H and O–H groups in total. The number of hydrogen-bond acceptors (Lipinski definition) is 6. The number of H-pyrrole nitrogens is 1. The van der Waals surface area contributed by atoms with Gasteiger partial charge in [0.2, 0.25) is 5.95 Å². The molecule has 3 rings (SSSR count). The van der Waals surface area contributed by atoms with Gasteiger partial charge >= 0.3 is 6.18 Å². The van der Waals surface area contributed by atoms with E-state index >= 15 is 0 Å². The number of nitrogens with zero attached hydrogens (tertiary/aromatic N) is 5. The van der Waals surface area contributed by atoms with Gasteiger partial charge in [0.15, 0.2) is 5.82 Å². The summed E-state index contributed by atoms with van der Waals surface area (Å²) in [4.78, 5) is 13.4. The molecular formula is C12H13F3N6O. The van der Waals surface area contributed by atoms with E-state index < -0.39 is 18.0 Å². The second-order valence-electron chi connectivity index (χ2n) is 4.87. The average Bonchev–Trinajstić information content (AvgIpc) is 3.00. The molecule has 0 aromatic carbocycles. The van der Waals surface area contributed by atoms with Crippen molar-refractivity contribution < 1.29 is 17.9 Å². The SMILES string of the molecule is Cc1cc(C(F)(F)F)nc(N2CCOC(c3ncn[nH]3)C2)n1. The molecule has 1 fully saturated rings. The first-order valence-corrected chi connectivity index (χ1v) is 6.58. The largest absolute Gasteiger partial charge is 0.433 e. The van der Waals surface area contributed by atoms with E-state index in [-0.39, 0.29) is 11.6 Å². The van der Waals surface area contributed by atoms with Crippen LogP contribution in [0.25, 0.3) is 0 Å². The van der Waals surface area contributed by atoms with Crippen LogP contribution in [0.3, 0.4) is 0 Å². The Labute approximate surface area is 123 Å². The van der Waals surface area contributed by atoms with Crippen LogP contribution in [0.4, 0.5) is 19.1 Å². The Morgan fingerprint density at radius 2 is 2.18 bits per heavy atom. The Morgan fingerprint density at radius 3 is 2.86 bits per heavy atom. The van der Waals surface area contributed by atoms with Gasteiger partial charge in [-0.25, -0.2) is 15.0 Å². The van der Waals surface area contributed by atoms with Crippen molar-refractivity contribution in [2.45, 2.75) is 19.2 Å². The van der Waals surface area contributed by atoms with E-state index in [9.17, 15) is 13.2 Å². The summed E-state index contributed by atoms with van der Waals surface area (Å²) in [6.45, 7) is 2.56. The number of aromatic amines is 1. The van der Waals surface area contributed by atoms with E-state index in [4.69, 9.17) is 4.74 Å². The minimum Gasteiger partial charge on any atom is -0.367 e. The third kappa shape index (κ3) is 3.01. The Balaban J connectivity index is 1.86. The van der Waals surface area contributed by atoms with Crippen LogP contribution in [0.5, 0.6) is 0 Å². The summed E-state index contributed by atoms with van der Waals surface area (Å²) in [5.74, 6) is 0.563. The molecule has 2 aromatic rings.